The molecule has 1 atom stereocenters. The van der Waals surface area contributed by atoms with Crippen LogP contribution in [0.25, 0.3) is 0 Å². The average Bonchev–Trinajstić information content (AvgIpc) is 2.71. The van der Waals surface area contributed by atoms with Crippen molar-refractivity contribution in [1.29, 1.82) is 0 Å². The quantitative estimate of drug-likeness (QED) is 0.775. The maximum atomic E-state index is 5.32. The molecule has 14 heavy (non-hydrogen) atoms. The van der Waals surface area contributed by atoms with E-state index in [4.69, 9.17) is 4.74 Å². The van der Waals surface area contributed by atoms with Crippen LogP contribution in [0.1, 0.15) is 30.0 Å². The molecule has 0 radical (unpaired) electrons. The third kappa shape index (κ3) is 1.62. The zero-order valence-corrected chi connectivity index (χ0v) is 8.84. The number of ether oxygens (including phenoxy) is 1. The Labute approximate surface area is 85.3 Å². The second-order valence-electron chi connectivity index (χ2n) is 3.82. The molecule has 0 aromatic heterocycles. The van der Waals surface area contributed by atoms with Crippen LogP contribution in [0.3, 0.4) is 0 Å². The largest absolute Gasteiger partial charge is 0.496 e. The lowest BCUT2D eigenvalue weighted by Gasteiger charge is -2.15. The highest BCUT2D eigenvalue weighted by Crippen LogP contribution is 2.30. The van der Waals surface area contributed by atoms with Crippen molar-refractivity contribution in [3.05, 3.63) is 29.3 Å². The molecule has 0 bridgehead atoms. The van der Waals surface area contributed by atoms with Crippen LogP contribution in [0.15, 0.2) is 18.2 Å². The Balaban J connectivity index is 2.32. The molecule has 0 saturated carbocycles. The third-order valence-electron chi connectivity index (χ3n) is 2.98. The number of benzene rings is 1. The van der Waals surface area contributed by atoms with Gasteiger partial charge in [0, 0.05) is 6.04 Å². The number of nitrogens with one attached hydrogen (secondary N) is 1. The Morgan fingerprint density at radius 1 is 1.43 bits per heavy atom. The highest BCUT2D eigenvalue weighted by molar-refractivity contribution is 5.41. The zero-order valence-electron chi connectivity index (χ0n) is 8.84. The van der Waals surface area contributed by atoms with Crippen LogP contribution in [-0.2, 0) is 0 Å². The van der Waals surface area contributed by atoms with Crippen LogP contribution in [0, 0.1) is 6.92 Å². The van der Waals surface area contributed by atoms with E-state index in [0.717, 1.165) is 12.3 Å². The summed E-state index contributed by atoms with van der Waals surface area (Å²) in [6.45, 7) is 3.27. The topological polar surface area (TPSA) is 21.3 Å². The van der Waals surface area contributed by atoms with Gasteiger partial charge in [-0.3, -0.25) is 0 Å². The minimum Gasteiger partial charge on any atom is -0.496 e. The molecule has 1 aliphatic rings. The van der Waals surface area contributed by atoms with Gasteiger partial charge in [0.25, 0.3) is 0 Å². The summed E-state index contributed by atoms with van der Waals surface area (Å²) in [7, 11) is 1.73. The van der Waals surface area contributed by atoms with Crippen LogP contribution < -0.4 is 10.1 Å². The van der Waals surface area contributed by atoms with Gasteiger partial charge in [0.15, 0.2) is 0 Å². The van der Waals surface area contributed by atoms with Crippen LogP contribution in [-0.4, -0.2) is 13.7 Å². The summed E-state index contributed by atoms with van der Waals surface area (Å²) in [6.07, 6.45) is 2.52. The van der Waals surface area contributed by atoms with E-state index in [1.54, 1.807) is 7.11 Å². The molecule has 0 spiro atoms. The Kier molecular flexibility index (Phi) is 2.73. The summed E-state index contributed by atoms with van der Waals surface area (Å²) in [5.74, 6) is 0.996. The van der Waals surface area contributed by atoms with Gasteiger partial charge in [-0.15, -0.1) is 0 Å². The standard InChI is InChI=1S/C12H17NO/c1-9-10(11-6-4-8-13-11)5-3-7-12(9)14-2/h3,5,7,11,13H,4,6,8H2,1-2H3. The second-order valence-corrected chi connectivity index (χ2v) is 3.82. The van der Waals surface area contributed by atoms with Gasteiger partial charge in [-0.25, -0.2) is 0 Å². The number of hydrogen-bond donors (Lipinski definition) is 1. The maximum absolute atomic E-state index is 5.32. The van der Waals surface area contributed by atoms with E-state index in [1.165, 1.54) is 24.0 Å². The van der Waals surface area contributed by atoms with Crippen LogP contribution >= 0.6 is 0 Å². The molecular weight excluding hydrogens is 174 g/mol. The van der Waals surface area contributed by atoms with Crippen molar-refractivity contribution in [2.75, 3.05) is 13.7 Å². The van der Waals surface area contributed by atoms with Gasteiger partial charge in [0.1, 0.15) is 5.75 Å². The fourth-order valence-corrected chi connectivity index (χ4v) is 2.18. The molecule has 1 N–H and O–H groups in total. The van der Waals surface area contributed by atoms with Gasteiger partial charge in [-0.05, 0) is 43.5 Å². The molecule has 2 nitrogen and oxygen atoms in total. The Morgan fingerprint density at radius 2 is 2.29 bits per heavy atom. The monoisotopic (exact) mass is 191 g/mol. The predicted molar refractivity (Wildman–Crippen MR) is 57.7 cm³/mol. The van der Waals surface area contributed by atoms with Crippen LogP contribution in [0.5, 0.6) is 5.75 Å². The van der Waals surface area contributed by atoms with Crippen molar-refractivity contribution in [1.82, 2.24) is 5.32 Å². The summed E-state index contributed by atoms with van der Waals surface area (Å²) in [6, 6.07) is 6.82. The molecular formula is C12H17NO. The van der Waals surface area contributed by atoms with Gasteiger partial charge in [0.2, 0.25) is 0 Å². The first-order valence-corrected chi connectivity index (χ1v) is 5.20. The molecule has 1 heterocycles. The lowest BCUT2D eigenvalue weighted by molar-refractivity contribution is 0.410. The molecule has 1 aromatic carbocycles. The van der Waals surface area contributed by atoms with Crippen molar-refractivity contribution in [3.8, 4) is 5.75 Å². The first kappa shape index (κ1) is 9.53. The molecule has 1 fully saturated rings. The maximum Gasteiger partial charge on any atom is 0.122 e. The summed E-state index contributed by atoms with van der Waals surface area (Å²) >= 11 is 0. The van der Waals surface area contributed by atoms with E-state index in [2.05, 4.69) is 24.4 Å². The van der Waals surface area contributed by atoms with E-state index in [9.17, 15) is 0 Å². The number of hydrogen-bond acceptors (Lipinski definition) is 2. The highest BCUT2D eigenvalue weighted by atomic mass is 16.5. The molecule has 2 heteroatoms. The van der Waals surface area contributed by atoms with E-state index in [1.807, 2.05) is 6.07 Å². The minimum absolute atomic E-state index is 0.532. The molecule has 0 amide bonds. The lowest BCUT2D eigenvalue weighted by atomic mass is 9.99. The van der Waals surface area contributed by atoms with Crippen molar-refractivity contribution in [2.45, 2.75) is 25.8 Å². The zero-order chi connectivity index (χ0) is 9.97. The molecule has 76 valence electrons. The van der Waals surface area contributed by atoms with E-state index < -0.39 is 0 Å². The first-order valence-electron chi connectivity index (χ1n) is 5.20. The third-order valence-corrected chi connectivity index (χ3v) is 2.98. The fourth-order valence-electron chi connectivity index (χ4n) is 2.18. The summed E-state index contributed by atoms with van der Waals surface area (Å²) in [5.41, 5.74) is 2.66. The second kappa shape index (κ2) is 4.01. The fraction of sp³-hybridized carbons (Fsp3) is 0.500. The number of methoxy groups -OCH3 is 1. The molecule has 1 saturated heterocycles. The first-order chi connectivity index (χ1) is 6.83. The average molecular weight is 191 g/mol. The summed E-state index contributed by atoms with van der Waals surface area (Å²) in [5, 5.41) is 3.51. The number of rotatable bonds is 2. The molecule has 1 unspecified atom stereocenters. The van der Waals surface area contributed by atoms with Crippen molar-refractivity contribution in [2.24, 2.45) is 0 Å². The van der Waals surface area contributed by atoms with Gasteiger partial charge >= 0.3 is 0 Å². The van der Waals surface area contributed by atoms with E-state index >= 15 is 0 Å². The van der Waals surface area contributed by atoms with Gasteiger partial charge in [-0.2, -0.15) is 0 Å². The summed E-state index contributed by atoms with van der Waals surface area (Å²) < 4.78 is 5.32. The molecule has 1 aliphatic heterocycles. The highest BCUT2D eigenvalue weighted by Gasteiger charge is 2.18. The Morgan fingerprint density at radius 3 is 2.93 bits per heavy atom. The normalized spacial score (nSPS) is 21.1. The van der Waals surface area contributed by atoms with Gasteiger partial charge in [0.05, 0.1) is 7.11 Å². The van der Waals surface area contributed by atoms with Crippen LogP contribution in [0.2, 0.25) is 0 Å². The molecule has 1 aromatic rings. The van der Waals surface area contributed by atoms with Gasteiger partial charge < -0.3 is 10.1 Å². The lowest BCUT2D eigenvalue weighted by Crippen LogP contribution is -2.14. The summed E-state index contributed by atoms with van der Waals surface area (Å²) in [4.78, 5) is 0. The Bertz CT molecular complexity index is 316. The van der Waals surface area contributed by atoms with E-state index in [0.29, 0.717) is 6.04 Å². The van der Waals surface area contributed by atoms with Gasteiger partial charge in [-0.1, -0.05) is 12.1 Å². The van der Waals surface area contributed by atoms with Crippen LogP contribution in [0.4, 0.5) is 0 Å². The smallest absolute Gasteiger partial charge is 0.122 e. The Hall–Kier alpha value is -1.02. The van der Waals surface area contributed by atoms with E-state index in [-0.39, 0.29) is 0 Å². The van der Waals surface area contributed by atoms with Crippen molar-refractivity contribution < 1.29 is 4.74 Å². The van der Waals surface area contributed by atoms with Crippen molar-refractivity contribution >= 4 is 0 Å². The SMILES string of the molecule is COc1cccc(C2CCCN2)c1C. The molecule has 2 rings (SSSR count). The van der Waals surface area contributed by atoms with Crippen molar-refractivity contribution in [3.63, 3.8) is 0 Å². The molecule has 0 aliphatic carbocycles. The predicted octanol–water partition coefficient (Wildman–Crippen LogP) is 2.43. The minimum atomic E-state index is 0.532.